The largest absolute Gasteiger partial charge is 0.477 e. The van der Waals surface area contributed by atoms with Gasteiger partial charge in [0.25, 0.3) is 0 Å². The van der Waals surface area contributed by atoms with Crippen molar-refractivity contribution in [3.63, 3.8) is 0 Å². The molecule has 0 spiro atoms. The van der Waals surface area contributed by atoms with Crippen molar-refractivity contribution in [2.75, 3.05) is 31.2 Å². The van der Waals surface area contributed by atoms with Crippen molar-refractivity contribution >= 4 is 39.9 Å². The lowest BCUT2D eigenvalue weighted by molar-refractivity contribution is -0.129. The maximum Gasteiger partial charge on any atom is 0.341 e. The lowest BCUT2D eigenvalue weighted by Crippen LogP contribution is -2.51. The van der Waals surface area contributed by atoms with Gasteiger partial charge in [-0.25, -0.2) is 14.8 Å². The summed E-state index contributed by atoms with van der Waals surface area (Å²) in [5, 5.41) is 12.1. The zero-order valence-corrected chi connectivity index (χ0v) is 17.6. The summed E-state index contributed by atoms with van der Waals surface area (Å²) in [6, 6.07) is 1.78. The van der Waals surface area contributed by atoms with Crippen LogP contribution in [0.15, 0.2) is 28.6 Å². The van der Waals surface area contributed by atoms with Crippen molar-refractivity contribution in [3.05, 3.63) is 45.2 Å². The molecule has 5 heterocycles. The molecule has 0 radical (unpaired) electrons. The Morgan fingerprint density at radius 2 is 2.10 bits per heavy atom. The Bertz CT molecular complexity index is 1240. The standard InChI is InChI=1S/C21H20N4O5S/c1-11-4-16(24-6-13(7-24)15(26)5-12-9-30-10-12)23-19-17(11)18(27)14(20(28)29)8-25(19)21-22-2-3-31-21/h2-4,8,12-13H,5-7,9-10H2,1H3,(H,28,29). The van der Waals surface area contributed by atoms with Crippen LogP contribution in [0.25, 0.3) is 16.2 Å². The molecule has 31 heavy (non-hydrogen) atoms. The number of hydrogen-bond acceptors (Lipinski definition) is 8. The van der Waals surface area contributed by atoms with Crippen LogP contribution < -0.4 is 10.3 Å². The highest BCUT2D eigenvalue weighted by molar-refractivity contribution is 7.12. The van der Waals surface area contributed by atoms with Crippen LogP contribution in [-0.2, 0) is 9.53 Å². The highest BCUT2D eigenvalue weighted by atomic mass is 32.1. The minimum absolute atomic E-state index is 0.0195. The summed E-state index contributed by atoms with van der Waals surface area (Å²) in [6.07, 6.45) is 3.45. The molecule has 160 valence electrons. The van der Waals surface area contributed by atoms with Crippen molar-refractivity contribution in [1.29, 1.82) is 0 Å². The Hall–Kier alpha value is -3.11. The monoisotopic (exact) mass is 440 g/mol. The Morgan fingerprint density at radius 3 is 2.71 bits per heavy atom. The van der Waals surface area contributed by atoms with Crippen molar-refractivity contribution in [3.8, 4) is 5.13 Å². The number of pyridine rings is 2. The number of carboxylic acids is 1. The van der Waals surface area contributed by atoms with Gasteiger partial charge in [0.1, 0.15) is 17.2 Å². The average molecular weight is 440 g/mol. The van der Waals surface area contributed by atoms with Crippen LogP contribution in [0.1, 0.15) is 22.3 Å². The van der Waals surface area contributed by atoms with Crippen LogP contribution in [-0.4, -0.2) is 57.7 Å². The number of ether oxygens (including phenoxy) is 1. The van der Waals surface area contributed by atoms with Gasteiger partial charge in [0.15, 0.2) is 10.8 Å². The van der Waals surface area contributed by atoms with Crippen LogP contribution in [0.2, 0.25) is 0 Å². The predicted molar refractivity (Wildman–Crippen MR) is 114 cm³/mol. The predicted octanol–water partition coefficient (Wildman–Crippen LogP) is 1.89. The van der Waals surface area contributed by atoms with Crippen LogP contribution in [0, 0.1) is 18.8 Å². The van der Waals surface area contributed by atoms with E-state index >= 15 is 0 Å². The molecule has 9 nitrogen and oxygen atoms in total. The topological polar surface area (TPSA) is 115 Å². The van der Waals surface area contributed by atoms with E-state index in [9.17, 15) is 19.5 Å². The van der Waals surface area contributed by atoms with E-state index in [0.29, 0.717) is 60.8 Å². The van der Waals surface area contributed by atoms with Crippen molar-refractivity contribution in [2.45, 2.75) is 13.3 Å². The fourth-order valence-electron chi connectivity index (χ4n) is 4.00. The number of hydrogen-bond donors (Lipinski definition) is 1. The van der Waals surface area contributed by atoms with Crippen molar-refractivity contribution in [2.24, 2.45) is 11.8 Å². The molecule has 2 aliphatic heterocycles. The van der Waals surface area contributed by atoms with Gasteiger partial charge < -0.3 is 14.7 Å². The zero-order chi connectivity index (χ0) is 21.7. The van der Waals surface area contributed by atoms with E-state index in [1.54, 1.807) is 29.1 Å². The first kappa shape index (κ1) is 19.8. The fourth-order valence-corrected chi connectivity index (χ4v) is 4.61. The number of carboxylic acid groups (broad SMARTS) is 1. The van der Waals surface area contributed by atoms with E-state index in [1.807, 2.05) is 4.90 Å². The first-order chi connectivity index (χ1) is 14.9. The van der Waals surface area contributed by atoms with E-state index in [4.69, 9.17) is 4.74 Å². The number of Topliss-reactive ketones (excluding diaryl/α,β-unsaturated/α-hetero) is 1. The van der Waals surface area contributed by atoms with E-state index < -0.39 is 11.4 Å². The van der Waals surface area contributed by atoms with Crippen LogP contribution in [0.4, 0.5) is 5.82 Å². The third kappa shape index (κ3) is 3.41. The highest BCUT2D eigenvalue weighted by Crippen LogP contribution is 2.30. The molecule has 0 atom stereocenters. The number of carbonyl (C=O) groups excluding carboxylic acids is 1. The summed E-state index contributed by atoms with van der Waals surface area (Å²) in [7, 11) is 0. The summed E-state index contributed by atoms with van der Waals surface area (Å²) in [4.78, 5) is 47.9. The third-order valence-corrected chi connectivity index (χ3v) is 6.63. The van der Waals surface area contributed by atoms with Gasteiger partial charge in [-0.05, 0) is 18.6 Å². The SMILES string of the molecule is Cc1cc(N2CC(C(=O)CC3COC3)C2)nc2c1c(=O)c(C(=O)O)cn2-c1nccs1. The molecular weight excluding hydrogens is 420 g/mol. The number of aromatic carboxylic acids is 1. The second-order valence-corrected chi connectivity index (χ2v) is 8.91. The number of aryl methyl sites for hydroxylation is 1. The molecule has 1 N–H and O–H groups in total. The van der Waals surface area contributed by atoms with Gasteiger partial charge in [0.2, 0.25) is 5.43 Å². The van der Waals surface area contributed by atoms with E-state index in [1.165, 1.54) is 17.5 Å². The average Bonchev–Trinajstić information content (AvgIpc) is 3.17. The van der Waals surface area contributed by atoms with Crippen molar-refractivity contribution in [1.82, 2.24) is 14.5 Å². The molecule has 0 bridgehead atoms. The minimum atomic E-state index is -1.29. The maximum absolute atomic E-state index is 12.8. The highest BCUT2D eigenvalue weighted by Gasteiger charge is 2.36. The summed E-state index contributed by atoms with van der Waals surface area (Å²) >= 11 is 1.32. The van der Waals surface area contributed by atoms with Gasteiger partial charge in [-0.15, -0.1) is 11.3 Å². The number of carbonyl (C=O) groups is 2. The Kier molecular flexibility index (Phi) is 4.82. The lowest BCUT2D eigenvalue weighted by atomic mass is 9.88. The summed E-state index contributed by atoms with van der Waals surface area (Å²) in [5.41, 5.74) is 0.113. The molecule has 10 heteroatoms. The molecule has 3 aromatic heterocycles. The van der Waals surface area contributed by atoms with Gasteiger partial charge in [0.05, 0.1) is 24.5 Å². The third-order valence-electron chi connectivity index (χ3n) is 5.86. The molecule has 2 saturated heterocycles. The molecule has 2 aliphatic rings. The number of aromatic nitrogens is 3. The van der Waals surface area contributed by atoms with E-state index in [-0.39, 0.29) is 22.7 Å². The summed E-state index contributed by atoms with van der Waals surface area (Å²) < 4.78 is 6.70. The number of fused-ring (bicyclic) bond motifs is 1. The van der Waals surface area contributed by atoms with E-state index in [2.05, 4.69) is 9.97 Å². The molecule has 2 fully saturated rings. The first-order valence-electron chi connectivity index (χ1n) is 9.98. The molecule has 0 aromatic carbocycles. The van der Waals surface area contributed by atoms with Crippen LogP contribution in [0.3, 0.4) is 0 Å². The normalized spacial score (nSPS) is 16.9. The summed E-state index contributed by atoms with van der Waals surface area (Å²) in [6.45, 7) is 4.27. The second kappa shape index (κ2) is 7.54. The Balaban J connectivity index is 1.51. The molecule has 3 aromatic rings. The van der Waals surface area contributed by atoms with Crippen LogP contribution in [0.5, 0.6) is 0 Å². The molecule has 0 aliphatic carbocycles. The van der Waals surface area contributed by atoms with Crippen molar-refractivity contribution < 1.29 is 19.4 Å². The van der Waals surface area contributed by atoms with Gasteiger partial charge in [0, 0.05) is 43.2 Å². The second-order valence-electron chi connectivity index (χ2n) is 8.03. The summed E-state index contributed by atoms with van der Waals surface area (Å²) in [5.74, 6) is -0.0454. The molecule has 0 unspecified atom stereocenters. The van der Waals surface area contributed by atoms with E-state index in [0.717, 1.165) is 0 Å². The smallest absolute Gasteiger partial charge is 0.341 e. The molecular formula is C21H20N4O5S. The number of rotatable bonds is 6. The first-order valence-corrected chi connectivity index (χ1v) is 10.9. The molecule has 0 saturated carbocycles. The van der Waals surface area contributed by atoms with Crippen LogP contribution >= 0.6 is 11.3 Å². The Labute approximate surface area is 180 Å². The Morgan fingerprint density at radius 1 is 1.32 bits per heavy atom. The molecule has 5 rings (SSSR count). The number of nitrogens with zero attached hydrogens (tertiary/aromatic N) is 4. The fraction of sp³-hybridized carbons (Fsp3) is 0.381. The number of ketones is 1. The number of thiazole rings is 1. The van der Waals surface area contributed by atoms with Gasteiger partial charge in [-0.3, -0.25) is 14.2 Å². The lowest BCUT2D eigenvalue weighted by Gasteiger charge is -2.40. The quantitative estimate of drug-likeness (QED) is 0.618. The zero-order valence-electron chi connectivity index (χ0n) is 16.8. The maximum atomic E-state index is 12.8. The van der Waals surface area contributed by atoms with Gasteiger partial charge >= 0.3 is 5.97 Å². The minimum Gasteiger partial charge on any atom is -0.477 e. The van der Waals surface area contributed by atoms with Gasteiger partial charge in [-0.1, -0.05) is 0 Å². The molecule has 0 amide bonds. The number of anilines is 1. The van der Waals surface area contributed by atoms with Gasteiger partial charge in [-0.2, -0.15) is 0 Å².